The van der Waals surface area contributed by atoms with Crippen LogP contribution >= 0.6 is 0 Å². The van der Waals surface area contributed by atoms with Crippen molar-refractivity contribution >= 4 is 64.9 Å². The highest BCUT2D eigenvalue weighted by Crippen LogP contribution is 2.49. The van der Waals surface area contributed by atoms with Crippen molar-refractivity contribution in [3.8, 4) is 28.3 Å². The summed E-state index contributed by atoms with van der Waals surface area (Å²) in [4.78, 5) is 11.4. The molecule has 234 valence electrons. The van der Waals surface area contributed by atoms with Crippen molar-refractivity contribution < 1.29 is 0 Å². The van der Waals surface area contributed by atoms with Crippen molar-refractivity contribution in [3.63, 3.8) is 0 Å². The van der Waals surface area contributed by atoms with E-state index in [9.17, 15) is 0 Å². The highest BCUT2D eigenvalue weighted by atomic mass is 15.1. The van der Waals surface area contributed by atoms with Gasteiger partial charge in [-0.15, -0.1) is 0 Å². The molecule has 0 radical (unpaired) electrons. The van der Waals surface area contributed by atoms with E-state index in [1.807, 2.05) is 0 Å². The molecule has 0 saturated heterocycles. The van der Waals surface area contributed by atoms with Crippen LogP contribution in [-0.2, 0) is 5.41 Å². The second kappa shape index (κ2) is 9.87. The van der Waals surface area contributed by atoms with Gasteiger partial charge >= 0.3 is 0 Å². The normalized spacial score (nSPS) is 13.6. The van der Waals surface area contributed by atoms with Gasteiger partial charge in [0.05, 0.1) is 22.4 Å². The van der Waals surface area contributed by atoms with E-state index < -0.39 is 0 Å². The second-order valence-corrected chi connectivity index (χ2v) is 14.2. The van der Waals surface area contributed by atoms with Crippen LogP contribution < -0.4 is 0 Å². The molecule has 2 aromatic heterocycles. The third kappa shape index (κ3) is 3.69. The van der Waals surface area contributed by atoms with Gasteiger partial charge < -0.3 is 0 Å². The summed E-state index contributed by atoms with van der Waals surface area (Å²) in [6.45, 7) is 4.57. The number of rotatable bonds is 2. The van der Waals surface area contributed by atoms with E-state index in [-0.39, 0.29) is 5.41 Å². The average molecular weight is 638 g/mol. The lowest BCUT2D eigenvalue weighted by molar-refractivity contribution is 0.633. The SMILES string of the molecule is CC1(C)c2ccccc2-c2nc(-c3ccc4ccc5ccccc5c4c3)c(-n3c4cc5ccccc5cc4c4ccc5ccccc5c43)nc21. The molecule has 3 nitrogen and oxygen atoms in total. The highest BCUT2D eigenvalue weighted by Gasteiger charge is 2.39. The lowest BCUT2D eigenvalue weighted by atomic mass is 9.85. The molecule has 50 heavy (non-hydrogen) atoms. The number of benzene rings is 8. The maximum Gasteiger partial charge on any atom is 0.164 e. The van der Waals surface area contributed by atoms with Crippen molar-refractivity contribution in [1.82, 2.24) is 14.5 Å². The monoisotopic (exact) mass is 637 g/mol. The summed E-state index contributed by atoms with van der Waals surface area (Å²) in [6, 6.07) is 55.2. The number of nitrogens with zero attached hydrogens (tertiary/aromatic N) is 3. The number of hydrogen-bond acceptors (Lipinski definition) is 2. The van der Waals surface area contributed by atoms with Crippen LogP contribution in [0.2, 0.25) is 0 Å². The lowest BCUT2D eigenvalue weighted by Gasteiger charge is -2.22. The molecule has 2 heterocycles. The van der Waals surface area contributed by atoms with E-state index in [0.29, 0.717) is 0 Å². The maximum absolute atomic E-state index is 5.77. The molecule has 0 N–H and O–H groups in total. The van der Waals surface area contributed by atoms with E-state index in [0.717, 1.165) is 45.1 Å². The van der Waals surface area contributed by atoms with Gasteiger partial charge in [-0.2, -0.15) is 0 Å². The Kier molecular flexibility index (Phi) is 5.45. The van der Waals surface area contributed by atoms with E-state index >= 15 is 0 Å². The molecule has 0 amide bonds. The van der Waals surface area contributed by atoms with Crippen LogP contribution in [0.15, 0.2) is 152 Å². The minimum Gasteiger partial charge on any atom is -0.291 e. The van der Waals surface area contributed by atoms with Crippen molar-refractivity contribution in [1.29, 1.82) is 0 Å². The zero-order valence-corrected chi connectivity index (χ0v) is 27.8. The molecule has 0 spiro atoms. The van der Waals surface area contributed by atoms with Crippen LogP contribution in [0, 0.1) is 0 Å². The maximum atomic E-state index is 5.77. The second-order valence-electron chi connectivity index (χ2n) is 14.2. The van der Waals surface area contributed by atoms with Crippen LogP contribution in [0.4, 0.5) is 0 Å². The largest absolute Gasteiger partial charge is 0.291 e. The van der Waals surface area contributed by atoms with Gasteiger partial charge in [0.25, 0.3) is 0 Å². The first-order valence-electron chi connectivity index (χ1n) is 17.3. The standard InChI is InChI=1S/C47H31N3/c1-47(2)40-18-10-9-17-37(40)43-45(47)49-46(42(48-43)33-22-21-30-20-19-28-11-5-7-15-34(28)38(30)26-33)50-41-27-32-14-4-3-13-31(32)25-39(41)36-24-23-29-12-6-8-16-35(29)44(36)50/h3-27H,1-2H3. The number of hydrogen-bond donors (Lipinski definition) is 0. The Hall–Kier alpha value is -6.32. The molecule has 8 aromatic carbocycles. The Morgan fingerprint density at radius 1 is 0.460 bits per heavy atom. The smallest absolute Gasteiger partial charge is 0.164 e. The molecule has 3 heteroatoms. The molecule has 11 rings (SSSR count). The van der Waals surface area contributed by atoms with Crippen LogP contribution in [0.25, 0.3) is 93.2 Å². The summed E-state index contributed by atoms with van der Waals surface area (Å²) in [7, 11) is 0. The van der Waals surface area contributed by atoms with Gasteiger partial charge in [-0.25, -0.2) is 9.97 Å². The number of fused-ring (bicyclic) bond motifs is 12. The van der Waals surface area contributed by atoms with Crippen LogP contribution in [0.3, 0.4) is 0 Å². The topological polar surface area (TPSA) is 30.7 Å². The average Bonchev–Trinajstić information content (AvgIpc) is 3.60. The minimum atomic E-state index is -0.306. The first-order chi connectivity index (χ1) is 24.5. The first-order valence-corrected chi connectivity index (χ1v) is 17.3. The Labute approximate surface area is 289 Å². The summed E-state index contributed by atoms with van der Waals surface area (Å²) >= 11 is 0. The van der Waals surface area contributed by atoms with Crippen molar-refractivity contribution in [2.45, 2.75) is 19.3 Å². The van der Waals surface area contributed by atoms with E-state index in [2.05, 4.69) is 170 Å². The van der Waals surface area contributed by atoms with Crippen molar-refractivity contribution in [2.24, 2.45) is 0 Å². The third-order valence-corrected chi connectivity index (χ3v) is 11.1. The molecule has 10 aromatic rings. The molecular weight excluding hydrogens is 607 g/mol. The Morgan fingerprint density at radius 3 is 1.90 bits per heavy atom. The van der Waals surface area contributed by atoms with E-state index in [4.69, 9.17) is 9.97 Å². The Morgan fingerprint density at radius 2 is 1.08 bits per heavy atom. The predicted octanol–water partition coefficient (Wildman–Crippen LogP) is 12.2. The molecule has 1 aliphatic rings. The van der Waals surface area contributed by atoms with Gasteiger partial charge in [0.1, 0.15) is 5.69 Å². The van der Waals surface area contributed by atoms with Crippen molar-refractivity contribution in [2.75, 3.05) is 0 Å². The zero-order valence-electron chi connectivity index (χ0n) is 27.8. The van der Waals surface area contributed by atoms with Gasteiger partial charge in [0.15, 0.2) is 5.82 Å². The number of aromatic nitrogens is 3. The summed E-state index contributed by atoms with van der Waals surface area (Å²) in [5, 5.41) is 12.2. The van der Waals surface area contributed by atoms with Gasteiger partial charge in [0, 0.05) is 32.7 Å². The minimum absolute atomic E-state index is 0.306. The fraction of sp³-hybridized carbons (Fsp3) is 0.0638. The van der Waals surface area contributed by atoms with Gasteiger partial charge in [-0.05, 0) is 61.5 Å². The quantitative estimate of drug-likeness (QED) is 0.177. The molecular formula is C47H31N3. The van der Waals surface area contributed by atoms with Crippen molar-refractivity contribution in [3.05, 3.63) is 163 Å². The Bertz CT molecular complexity index is 3070. The fourth-order valence-electron chi connectivity index (χ4n) is 8.59. The van der Waals surface area contributed by atoms with Gasteiger partial charge in [-0.1, -0.05) is 147 Å². The molecule has 0 atom stereocenters. The summed E-state index contributed by atoms with van der Waals surface area (Å²) in [6.07, 6.45) is 0. The molecule has 0 fully saturated rings. The predicted molar refractivity (Wildman–Crippen MR) is 209 cm³/mol. The Balaban J connectivity index is 1.33. The molecule has 0 unspecified atom stereocenters. The third-order valence-electron chi connectivity index (χ3n) is 11.1. The molecule has 0 saturated carbocycles. The van der Waals surface area contributed by atoms with Gasteiger partial charge in [0.2, 0.25) is 0 Å². The molecule has 0 bridgehead atoms. The van der Waals surface area contributed by atoms with E-state index in [1.54, 1.807) is 0 Å². The summed E-state index contributed by atoms with van der Waals surface area (Å²) in [5.74, 6) is 0.857. The lowest BCUT2D eigenvalue weighted by Crippen LogP contribution is -2.18. The van der Waals surface area contributed by atoms with Crippen LogP contribution in [0.5, 0.6) is 0 Å². The molecule has 0 aliphatic heterocycles. The zero-order chi connectivity index (χ0) is 33.1. The molecule has 1 aliphatic carbocycles. The fourth-order valence-corrected chi connectivity index (χ4v) is 8.59. The van der Waals surface area contributed by atoms with Crippen LogP contribution in [0.1, 0.15) is 25.1 Å². The summed E-state index contributed by atoms with van der Waals surface area (Å²) < 4.78 is 2.41. The van der Waals surface area contributed by atoms with Crippen LogP contribution in [-0.4, -0.2) is 14.5 Å². The highest BCUT2D eigenvalue weighted by molar-refractivity contribution is 6.21. The van der Waals surface area contributed by atoms with E-state index in [1.165, 1.54) is 59.4 Å². The summed E-state index contributed by atoms with van der Waals surface area (Å²) in [5.41, 5.74) is 8.33. The van der Waals surface area contributed by atoms with Gasteiger partial charge in [-0.3, -0.25) is 4.57 Å². The first kappa shape index (κ1) is 27.6.